The van der Waals surface area contributed by atoms with E-state index in [9.17, 15) is 14.4 Å². The van der Waals surface area contributed by atoms with E-state index in [1.807, 2.05) is 5.38 Å². The Hall–Kier alpha value is -2.47. The van der Waals surface area contributed by atoms with Crippen molar-refractivity contribution in [3.8, 4) is 0 Å². The Balaban J connectivity index is 1.69. The van der Waals surface area contributed by atoms with Crippen molar-refractivity contribution in [3.05, 3.63) is 52.2 Å². The molecule has 0 fully saturated rings. The molecule has 6 heteroatoms. The first-order valence-electron chi connectivity index (χ1n) is 7.27. The van der Waals surface area contributed by atoms with Crippen LogP contribution in [0.5, 0.6) is 0 Å². The van der Waals surface area contributed by atoms with Crippen LogP contribution in [0.4, 0.5) is 5.69 Å². The van der Waals surface area contributed by atoms with Gasteiger partial charge in [-0.1, -0.05) is 0 Å². The maximum atomic E-state index is 11.8. The zero-order valence-electron chi connectivity index (χ0n) is 12.8. The molecule has 0 aliphatic heterocycles. The molecule has 2 N–H and O–H groups in total. The van der Waals surface area contributed by atoms with Crippen LogP contribution in [-0.2, 0) is 4.79 Å². The van der Waals surface area contributed by atoms with E-state index in [-0.39, 0.29) is 17.6 Å². The number of hydrogen-bond donors (Lipinski definition) is 2. The van der Waals surface area contributed by atoms with Gasteiger partial charge in [-0.05, 0) is 49.1 Å². The third-order valence-electron chi connectivity index (χ3n) is 3.22. The quantitative estimate of drug-likeness (QED) is 0.605. The van der Waals surface area contributed by atoms with Gasteiger partial charge in [0.25, 0.3) is 5.91 Å². The minimum absolute atomic E-state index is 0.00996. The zero-order valence-corrected chi connectivity index (χ0v) is 13.6. The van der Waals surface area contributed by atoms with Crippen molar-refractivity contribution in [2.45, 2.75) is 19.8 Å². The second kappa shape index (κ2) is 8.24. The second-order valence-corrected chi connectivity index (χ2v) is 5.83. The van der Waals surface area contributed by atoms with Crippen molar-refractivity contribution in [2.24, 2.45) is 0 Å². The Labute approximate surface area is 138 Å². The lowest BCUT2D eigenvalue weighted by Gasteiger charge is -2.06. The number of benzene rings is 1. The van der Waals surface area contributed by atoms with Gasteiger partial charge in [0.2, 0.25) is 5.91 Å². The Bertz CT molecular complexity index is 678. The minimum Gasteiger partial charge on any atom is -0.352 e. The number of Topliss-reactive ketones (excluding diaryl/α,β-unsaturated/α-hetero) is 1. The molecule has 0 aliphatic carbocycles. The fourth-order valence-electron chi connectivity index (χ4n) is 1.96. The molecular weight excluding hydrogens is 312 g/mol. The van der Waals surface area contributed by atoms with Gasteiger partial charge in [0.1, 0.15) is 0 Å². The molecule has 1 aromatic carbocycles. The highest BCUT2D eigenvalue weighted by Gasteiger charge is 2.06. The van der Waals surface area contributed by atoms with Gasteiger partial charge in [-0.25, -0.2) is 0 Å². The van der Waals surface area contributed by atoms with Gasteiger partial charge in [0, 0.05) is 35.2 Å². The van der Waals surface area contributed by atoms with Gasteiger partial charge in [0.05, 0.1) is 0 Å². The molecule has 2 aromatic rings. The zero-order chi connectivity index (χ0) is 16.7. The second-order valence-electron chi connectivity index (χ2n) is 5.05. The van der Waals surface area contributed by atoms with Crippen LogP contribution < -0.4 is 10.6 Å². The topological polar surface area (TPSA) is 75.3 Å². The third-order valence-corrected chi connectivity index (χ3v) is 3.91. The van der Waals surface area contributed by atoms with Crippen molar-refractivity contribution >= 4 is 34.6 Å². The van der Waals surface area contributed by atoms with Crippen LogP contribution in [-0.4, -0.2) is 24.1 Å². The molecule has 120 valence electrons. The van der Waals surface area contributed by atoms with Gasteiger partial charge in [0.15, 0.2) is 5.78 Å². The third kappa shape index (κ3) is 5.34. The lowest BCUT2D eigenvalue weighted by molar-refractivity contribution is -0.116. The van der Waals surface area contributed by atoms with Crippen LogP contribution in [0.25, 0.3) is 0 Å². The molecule has 1 aromatic heterocycles. The van der Waals surface area contributed by atoms with Gasteiger partial charge < -0.3 is 10.6 Å². The van der Waals surface area contributed by atoms with Crippen LogP contribution in [0.15, 0.2) is 41.1 Å². The number of nitrogens with one attached hydrogen (secondary N) is 2. The molecular formula is C17H18N2O3S. The summed E-state index contributed by atoms with van der Waals surface area (Å²) in [5, 5.41) is 9.17. The van der Waals surface area contributed by atoms with E-state index < -0.39 is 0 Å². The first-order chi connectivity index (χ1) is 11.1. The van der Waals surface area contributed by atoms with Gasteiger partial charge in [-0.3, -0.25) is 14.4 Å². The van der Waals surface area contributed by atoms with E-state index in [2.05, 4.69) is 10.6 Å². The van der Waals surface area contributed by atoms with E-state index in [4.69, 9.17) is 0 Å². The smallest absolute Gasteiger partial charge is 0.252 e. The summed E-state index contributed by atoms with van der Waals surface area (Å²) in [6, 6.07) is 8.52. The fraction of sp³-hybridized carbons (Fsp3) is 0.235. The standard InChI is InChI=1S/C17H18N2O3S/c1-12(20)13-4-6-15(7-5-13)19-16(21)3-2-9-18-17(22)14-8-10-23-11-14/h4-8,10-11H,2-3,9H2,1H3,(H,18,22)(H,19,21). The Morgan fingerprint density at radius 2 is 1.78 bits per heavy atom. The van der Waals surface area contributed by atoms with E-state index in [1.165, 1.54) is 18.3 Å². The first kappa shape index (κ1) is 16.9. The highest BCUT2D eigenvalue weighted by atomic mass is 32.1. The Morgan fingerprint density at radius 3 is 2.39 bits per heavy atom. The maximum absolute atomic E-state index is 11.8. The van der Waals surface area contributed by atoms with Crippen LogP contribution in [0.3, 0.4) is 0 Å². The minimum atomic E-state index is -0.120. The predicted molar refractivity (Wildman–Crippen MR) is 91.0 cm³/mol. The average Bonchev–Trinajstić information content (AvgIpc) is 3.06. The Kier molecular flexibility index (Phi) is 6.05. The van der Waals surface area contributed by atoms with Gasteiger partial charge >= 0.3 is 0 Å². The van der Waals surface area contributed by atoms with Crippen molar-refractivity contribution < 1.29 is 14.4 Å². The van der Waals surface area contributed by atoms with Crippen molar-refractivity contribution in [1.82, 2.24) is 5.32 Å². The maximum Gasteiger partial charge on any atom is 0.252 e. The summed E-state index contributed by atoms with van der Waals surface area (Å²) in [7, 11) is 0. The fourth-order valence-corrected chi connectivity index (χ4v) is 2.59. The number of thiophene rings is 1. The van der Waals surface area contributed by atoms with E-state index >= 15 is 0 Å². The van der Waals surface area contributed by atoms with Crippen LogP contribution in [0.2, 0.25) is 0 Å². The van der Waals surface area contributed by atoms with Crippen molar-refractivity contribution in [3.63, 3.8) is 0 Å². The number of carbonyl (C=O) groups is 3. The Morgan fingerprint density at radius 1 is 1.04 bits per heavy atom. The molecule has 23 heavy (non-hydrogen) atoms. The summed E-state index contributed by atoms with van der Waals surface area (Å²) in [5.41, 5.74) is 1.91. The summed E-state index contributed by atoms with van der Waals surface area (Å²) >= 11 is 1.47. The molecule has 0 saturated carbocycles. The SMILES string of the molecule is CC(=O)c1ccc(NC(=O)CCCNC(=O)c2ccsc2)cc1. The largest absolute Gasteiger partial charge is 0.352 e. The lowest BCUT2D eigenvalue weighted by Crippen LogP contribution is -2.25. The number of anilines is 1. The highest BCUT2D eigenvalue weighted by molar-refractivity contribution is 7.08. The molecule has 1 heterocycles. The van der Waals surface area contributed by atoms with Crippen molar-refractivity contribution in [1.29, 1.82) is 0 Å². The highest BCUT2D eigenvalue weighted by Crippen LogP contribution is 2.10. The summed E-state index contributed by atoms with van der Waals surface area (Å²) in [4.78, 5) is 34.7. The molecule has 0 spiro atoms. The number of carbonyl (C=O) groups excluding carboxylic acids is 3. The van der Waals surface area contributed by atoms with E-state index in [0.29, 0.717) is 36.2 Å². The number of amides is 2. The molecule has 0 atom stereocenters. The average molecular weight is 330 g/mol. The van der Waals surface area contributed by atoms with Gasteiger partial charge in [-0.15, -0.1) is 0 Å². The van der Waals surface area contributed by atoms with Crippen molar-refractivity contribution in [2.75, 3.05) is 11.9 Å². The summed E-state index contributed by atoms with van der Waals surface area (Å²) in [6.45, 7) is 1.95. The normalized spacial score (nSPS) is 10.1. The predicted octanol–water partition coefficient (Wildman–Crippen LogP) is 3.10. The number of hydrogen-bond acceptors (Lipinski definition) is 4. The molecule has 0 bridgehead atoms. The van der Waals surface area contributed by atoms with Crippen LogP contribution in [0, 0.1) is 0 Å². The first-order valence-corrected chi connectivity index (χ1v) is 8.22. The molecule has 0 saturated heterocycles. The molecule has 2 rings (SSSR count). The lowest BCUT2D eigenvalue weighted by atomic mass is 10.1. The number of rotatable bonds is 7. The molecule has 0 aliphatic rings. The summed E-state index contributed by atoms with van der Waals surface area (Å²) < 4.78 is 0. The summed E-state index contributed by atoms with van der Waals surface area (Å²) in [6.07, 6.45) is 0.881. The van der Waals surface area contributed by atoms with Gasteiger partial charge in [-0.2, -0.15) is 11.3 Å². The molecule has 0 radical (unpaired) electrons. The molecule has 0 unspecified atom stereocenters. The molecule has 5 nitrogen and oxygen atoms in total. The monoisotopic (exact) mass is 330 g/mol. The van der Waals surface area contributed by atoms with Crippen LogP contribution in [0.1, 0.15) is 40.5 Å². The van der Waals surface area contributed by atoms with E-state index in [0.717, 1.165) is 0 Å². The molecule has 2 amide bonds. The van der Waals surface area contributed by atoms with E-state index in [1.54, 1.807) is 35.7 Å². The summed E-state index contributed by atoms with van der Waals surface area (Å²) in [5.74, 6) is -0.249. The number of ketones is 1. The van der Waals surface area contributed by atoms with Crippen LogP contribution >= 0.6 is 11.3 Å².